The Balaban J connectivity index is 1.22. The molecule has 0 amide bonds. The van der Waals surface area contributed by atoms with Gasteiger partial charge >= 0.3 is 0 Å². The van der Waals surface area contributed by atoms with Crippen LogP contribution < -0.4 is 9.47 Å². The van der Waals surface area contributed by atoms with E-state index in [0.29, 0.717) is 75.0 Å². The topological polar surface area (TPSA) is 111 Å². The van der Waals surface area contributed by atoms with Crippen molar-refractivity contribution in [3.63, 3.8) is 0 Å². The van der Waals surface area contributed by atoms with Gasteiger partial charge in [-0.15, -0.1) is 10.2 Å². The van der Waals surface area contributed by atoms with Crippen molar-refractivity contribution in [3.8, 4) is 23.1 Å². The zero-order valence-electron chi connectivity index (χ0n) is 16.1. The minimum atomic E-state index is -3.61. The molecular weight excluding hydrogens is 412 g/mol. The van der Waals surface area contributed by atoms with Gasteiger partial charge in [-0.1, -0.05) is 0 Å². The second-order valence-electron chi connectivity index (χ2n) is 6.96. The van der Waals surface area contributed by atoms with Gasteiger partial charge in [0.25, 0.3) is 5.89 Å². The fraction of sp³-hybridized carbons (Fsp3) is 0.368. The predicted molar refractivity (Wildman–Crippen MR) is 103 cm³/mol. The van der Waals surface area contributed by atoms with Gasteiger partial charge in [0.05, 0.1) is 17.7 Å². The number of sulfonamides is 1. The van der Waals surface area contributed by atoms with E-state index in [2.05, 4.69) is 15.1 Å². The van der Waals surface area contributed by atoms with Gasteiger partial charge in [-0.25, -0.2) is 8.42 Å². The summed E-state index contributed by atoms with van der Waals surface area (Å²) in [6, 6.07) is 8.23. The monoisotopic (exact) mass is 432 g/mol. The molecule has 2 aliphatic rings. The molecule has 1 saturated heterocycles. The van der Waals surface area contributed by atoms with Crippen LogP contribution in [0.15, 0.2) is 50.3 Å². The Bertz CT molecular complexity index is 1120. The minimum absolute atomic E-state index is 0.209. The molecule has 0 radical (unpaired) electrons. The molecule has 5 rings (SSSR count). The molecule has 2 aliphatic heterocycles. The molecule has 0 bridgehead atoms. The molecule has 1 aromatic carbocycles. The highest BCUT2D eigenvalue weighted by Crippen LogP contribution is 2.33. The molecule has 4 heterocycles. The third-order valence-electron chi connectivity index (χ3n) is 5.04. The maximum atomic E-state index is 13.0. The summed E-state index contributed by atoms with van der Waals surface area (Å²) < 4.78 is 49.4. The van der Waals surface area contributed by atoms with E-state index in [-0.39, 0.29) is 4.90 Å². The van der Waals surface area contributed by atoms with Gasteiger partial charge in [-0.05, 0) is 24.3 Å². The maximum Gasteiger partial charge on any atom is 0.283 e. The standard InChI is InChI=1S/C19H20N4O6S/c24-30(25,14-3-4-15-17(12-14)28-11-10-27-15)23-7-5-22(6-8-23)13-18-20-21-19(29-18)16-2-1-9-26-16/h1-4,9,12H,5-8,10-11,13H2. The van der Waals surface area contributed by atoms with Crippen LogP contribution in [0.3, 0.4) is 0 Å². The number of rotatable bonds is 5. The van der Waals surface area contributed by atoms with Crippen molar-refractivity contribution in [2.24, 2.45) is 0 Å². The lowest BCUT2D eigenvalue weighted by Crippen LogP contribution is -2.48. The van der Waals surface area contributed by atoms with Crippen LogP contribution in [0.5, 0.6) is 11.5 Å². The van der Waals surface area contributed by atoms with Gasteiger partial charge in [-0.3, -0.25) is 4.90 Å². The largest absolute Gasteiger partial charge is 0.486 e. The number of hydrogen-bond acceptors (Lipinski definition) is 9. The van der Waals surface area contributed by atoms with E-state index in [1.54, 1.807) is 30.5 Å². The molecule has 0 spiro atoms. The molecule has 0 N–H and O–H groups in total. The average Bonchev–Trinajstić information content (AvgIpc) is 3.46. The first-order valence-electron chi connectivity index (χ1n) is 9.58. The van der Waals surface area contributed by atoms with Crippen LogP contribution in [0.2, 0.25) is 0 Å². The highest BCUT2D eigenvalue weighted by Gasteiger charge is 2.30. The molecule has 0 unspecified atom stereocenters. The van der Waals surface area contributed by atoms with Crippen molar-refractivity contribution in [2.45, 2.75) is 11.4 Å². The number of hydrogen-bond donors (Lipinski definition) is 0. The third-order valence-corrected chi connectivity index (χ3v) is 6.93. The first-order valence-corrected chi connectivity index (χ1v) is 11.0. The Kier molecular flexibility index (Phi) is 4.93. The van der Waals surface area contributed by atoms with Gasteiger partial charge in [0.2, 0.25) is 15.9 Å². The molecule has 2 aromatic heterocycles. The lowest BCUT2D eigenvalue weighted by Gasteiger charge is -2.33. The molecule has 11 heteroatoms. The summed E-state index contributed by atoms with van der Waals surface area (Å²) in [4.78, 5) is 2.29. The third kappa shape index (κ3) is 3.66. The molecule has 30 heavy (non-hydrogen) atoms. The highest BCUT2D eigenvalue weighted by atomic mass is 32.2. The fourth-order valence-electron chi connectivity index (χ4n) is 3.47. The van der Waals surface area contributed by atoms with Crippen LogP contribution in [-0.2, 0) is 16.6 Å². The summed E-state index contributed by atoms with van der Waals surface area (Å²) in [6.07, 6.45) is 1.54. The first kappa shape index (κ1) is 19.1. The van der Waals surface area contributed by atoms with Crippen LogP contribution in [0.25, 0.3) is 11.7 Å². The predicted octanol–water partition coefficient (Wildman–Crippen LogP) is 1.61. The van der Waals surface area contributed by atoms with Gasteiger partial charge in [0.15, 0.2) is 17.3 Å². The molecule has 158 valence electrons. The summed E-state index contributed by atoms with van der Waals surface area (Å²) >= 11 is 0. The quantitative estimate of drug-likeness (QED) is 0.593. The number of furan rings is 1. The van der Waals surface area contributed by atoms with Crippen LogP contribution in [0.1, 0.15) is 5.89 Å². The Labute approximate surface area is 173 Å². The van der Waals surface area contributed by atoms with Crippen molar-refractivity contribution in [1.29, 1.82) is 0 Å². The van der Waals surface area contributed by atoms with E-state index in [9.17, 15) is 8.42 Å². The SMILES string of the molecule is O=S(=O)(c1ccc2c(c1)OCCO2)N1CCN(Cc2nnc(-c3ccco3)o2)CC1. The van der Waals surface area contributed by atoms with Crippen molar-refractivity contribution < 1.29 is 26.7 Å². The zero-order valence-corrected chi connectivity index (χ0v) is 16.9. The number of piperazine rings is 1. The summed E-state index contributed by atoms with van der Waals surface area (Å²) in [5, 5.41) is 8.03. The van der Waals surface area contributed by atoms with Crippen LogP contribution in [0.4, 0.5) is 0 Å². The summed E-state index contributed by atoms with van der Waals surface area (Å²) in [6.45, 7) is 3.18. The van der Waals surface area contributed by atoms with Gasteiger partial charge in [0.1, 0.15) is 13.2 Å². The lowest BCUT2D eigenvalue weighted by atomic mass is 10.3. The van der Waals surface area contributed by atoms with E-state index >= 15 is 0 Å². The Morgan fingerprint density at radius 2 is 1.77 bits per heavy atom. The second-order valence-corrected chi connectivity index (χ2v) is 8.90. The summed E-state index contributed by atoms with van der Waals surface area (Å²) in [5.41, 5.74) is 0. The maximum absolute atomic E-state index is 13.0. The van der Waals surface area contributed by atoms with E-state index in [1.165, 1.54) is 10.4 Å². The number of ether oxygens (including phenoxy) is 2. The molecular formula is C19H20N4O6S. The number of benzene rings is 1. The molecule has 10 nitrogen and oxygen atoms in total. The Morgan fingerprint density at radius 3 is 2.53 bits per heavy atom. The Hall–Kier alpha value is -2.89. The normalized spacial score (nSPS) is 17.9. The van der Waals surface area contributed by atoms with Crippen LogP contribution in [-0.4, -0.2) is 67.2 Å². The average molecular weight is 432 g/mol. The molecule has 0 aliphatic carbocycles. The second kappa shape index (κ2) is 7.74. The van der Waals surface area contributed by atoms with Crippen LogP contribution in [0, 0.1) is 0 Å². The van der Waals surface area contributed by atoms with Gasteiger partial charge in [0, 0.05) is 32.2 Å². The van der Waals surface area contributed by atoms with E-state index in [0.717, 1.165) is 0 Å². The fourth-order valence-corrected chi connectivity index (χ4v) is 4.91. The smallest absolute Gasteiger partial charge is 0.283 e. The first-order chi connectivity index (χ1) is 14.6. The van der Waals surface area contributed by atoms with Gasteiger partial charge in [-0.2, -0.15) is 4.31 Å². The molecule has 1 fully saturated rings. The summed E-state index contributed by atoms with van der Waals surface area (Å²) in [7, 11) is -3.61. The van der Waals surface area contributed by atoms with Crippen molar-refractivity contribution in [3.05, 3.63) is 42.5 Å². The lowest BCUT2D eigenvalue weighted by molar-refractivity contribution is 0.167. The van der Waals surface area contributed by atoms with E-state index < -0.39 is 10.0 Å². The van der Waals surface area contributed by atoms with Crippen molar-refractivity contribution >= 4 is 10.0 Å². The zero-order chi connectivity index (χ0) is 20.6. The van der Waals surface area contributed by atoms with E-state index in [4.69, 9.17) is 18.3 Å². The Morgan fingerprint density at radius 1 is 0.967 bits per heavy atom. The van der Waals surface area contributed by atoms with Crippen molar-refractivity contribution in [1.82, 2.24) is 19.4 Å². The molecule has 0 atom stereocenters. The van der Waals surface area contributed by atoms with E-state index in [1.807, 2.05) is 0 Å². The van der Waals surface area contributed by atoms with Gasteiger partial charge < -0.3 is 18.3 Å². The number of nitrogens with zero attached hydrogens (tertiary/aromatic N) is 4. The van der Waals surface area contributed by atoms with Crippen molar-refractivity contribution in [2.75, 3.05) is 39.4 Å². The summed E-state index contributed by atoms with van der Waals surface area (Å²) in [5.74, 6) is 2.34. The number of aromatic nitrogens is 2. The minimum Gasteiger partial charge on any atom is -0.486 e. The molecule has 3 aromatic rings. The van der Waals surface area contributed by atoms with Crippen LogP contribution >= 0.6 is 0 Å². The molecule has 0 saturated carbocycles. The highest BCUT2D eigenvalue weighted by molar-refractivity contribution is 7.89. The number of fused-ring (bicyclic) bond motifs is 1.